The molecular formula is C12H12F2N2O4S. The second kappa shape index (κ2) is 5.76. The predicted octanol–water partition coefficient (Wildman–Crippen LogP) is 0.758. The monoisotopic (exact) mass is 318 g/mol. The van der Waals surface area contributed by atoms with Gasteiger partial charge in [0.25, 0.3) is 0 Å². The number of sulfone groups is 1. The lowest BCUT2D eigenvalue weighted by Crippen LogP contribution is -2.26. The van der Waals surface area contributed by atoms with Crippen molar-refractivity contribution < 1.29 is 26.8 Å². The Bertz CT molecular complexity index is 676. The average molecular weight is 318 g/mol. The van der Waals surface area contributed by atoms with Crippen LogP contribution in [0.4, 0.5) is 14.5 Å². The summed E-state index contributed by atoms with van der Waals surface area (Å²) in [7, 11) is -4.82. The molecule has 0 saturated carbocycles. The number of hydrogen-bond donors (Lipinski definition) is 2. The van der Waals surface area contributed by atoms with Crippen molar-refractivity contribution in [2.24, 2.45) is 5.92 Å². The summed E-state index contributed by atoms with van der Waals surface area (Å²) in [6.45, 7) is 0.133. The number of para-hydroxylation sites is 1. The molecule has 21 heavy (non-hydrogen) atoms. The maximum absolute atomic E-state index is 12.6. The number of benzene rings is 1. The van der Waals surface area contributed by atoms with Crippen LogP contribution in [0, 0.1) is 5.92 Å². The molecule has 6 nitrogen and oxygen atoms in total. The Hall–Kier alpha value is -2.03. The number of nitrogens with one attached hydrogen (secondary N) is 2. The van der Waals surface area contributed by atoms with Crippen LogP contribution in [0.5, 0.6) is 0 Å². The zero-order valence-electron chi connectivity index (χ0n) is 10.7. The zero-order chi connectivity index (χ0) is 15.6. The van der Waals surface area contributed by atoms with E-state index in [4.69, 9.17) is 0 Å². The highest BCUT2D eigenvalue weighted by molar-refractivity contribution is 7.91. The molecule has 0 aliphatic carbocycles. The Kier molecular flexibility index (Phi) is 4.21. The van der Waals surface area contributed by atoms with Crippen LogP contribution in [0.25, 0.3) is 0 Å². The van der Waals surface area contributed by atoms with Gasteiger partial charge in [-0.3, -0.25) is 9.59 Å². The first-order valence-corrected chi connectivity index (χ1v) is 7.55. The van der Waals surface area contributed by atoms with E-state index in [0.29, 0.717) is 0 Å². The molecule has 1 atom stereocenters. The van der Waals surface area contributed by atoms with E-state index in [1.807, 2.05) is 0 Å². The number of halogens is 2. The largest absolute Gasteiger partial charge is 0.355 e. The molecule has 2 N–H and O–H groups in total. The summed E-state index contributed by atoms with van der Waals surface area (Å²) < 4.78 is 48.3. The third-order valence-electron chi connectivity index (χ3n) is 3.03. The van der Waals surface area contributed by atoms with Gasteiger partial charge in [0.05, 0.1) is 16.5 Å². The Morgan fingerprint density at radius 3 is 2.57 bits per heavy atom. The van der Waals surface area contributed by atoms with Gasteiger partial charge in [0, 0.05) is 13.0 Å². The lowest BCUT2D eigenvalue weighted by atomic mass is 10.1. The molecule has 0 bridgehead atoms. The highest BCUT2D eigenvalue weighted by Crippen LogP contribution is 2.26. The third kappa shape index (κ3) is 3.18. The van der Waals surface area contributed by atoms with Crippen LogP contribution in [0.1, 0.15) is 6.42 Å². The Balaban J connectivity index is 2.25. The van der Waals surface area contributed by atoms with Gasteiger partial charge in [0.1, 0.15) is 0 Å². The summed E-state index contributed by atoms with van der Waals surface area (Å²) in [5.41, 5.74) is -0.220. The van der Waals surface area contributed by atoms with Crippen LogP contribution in [0.3, 0.4) is 0 Å². The second-order valence-corrected chi connectivity index (χ2v) is 6.38. The fourth-order valence-electron chi connectivity index (χ4n) is 1.94. The number of rotatable bonds is 4. The lowest BCUT2D eigenvalue weighted by Gasteiger charge is -2.13. The molecule has 1 unspecified atom stereocenters. The fraction of sp³-hybridized carbons (Fsp3) is 0.333. The standard InChI is InChI=1S/C12H12F2N2O4S/c13-12(14)21(19,20)9-4-2-1-3-8(9)16-11(18)7-5-10(17)15-6-7/h1-4,7,12H,5-6H2,(H,15,17)(H,16,18). The smallest absolute Gasteiger partial charge is 0.341 e. The molecule has 1 aromatic rings. The number of carbonyl (C=O) groups is 2. The maximum Gasteiger partial charge on any atom is 0.341 e. The fourth-order valence-corrected chi connectivity index (χ4v) is 2.83. The van der Waals surface area contributed by atoms with Gasteiger partial charge in [0.15, 0.2) is 0 Å². The van der Waals surface area contributed by atoms with Crippen molar-refractivity contribution in [1.29, 1.82) is 0 Å². The van der Waals surface area contributed by atoms with E-state index in [9.17, 15) is 26.8 Å². The first kappa shape index (κ1) is 15.4. The molecule has 2 rings (SSSR count). The molecule has 1 fully saturated rings. The summed E-state index contributed by atoms with van der Waals surface area (Å²) in [6.07, 6.45) is -0.0183. The van der Waals surface area contributed by atoms with Gasteiger partial charge in [-0.05, 0) is 12.1 Å². The third-order valence-corrected chi connectivity index (χ3v) is 4.47. The Morgan fingerprint density at radius 1 is 1.33 bits per heavy atom. The molecule has 1 aromatic carbocycles. The molecule has 0 aromatic heterocycles. The maximum atomic E-state index is 12.6. The number of hydrogen-bond acceptors (Lipinski definition) is 4. The van der Waals surface area contributed by atoms with Crippen molar-refractivity contribution in [3.8, 4) is 0 Å². The lowest BCUT2D eigenvalue weighted by molar-refractivity contribution is -0.123. The molecule has 2 amide bonds. The summed E-state index contributed by atoms with van der Waals surface area (Å²) in [5, 5.41) is 4.75. The summed E-state index contributed by atoms with van der Waals surface area (Å²) in [4.78, 5) is 22.3. The molecular weight excluding hydrogens is 306 g/mol. The summed E-state index contributed by atoms with van der Waals surface area (Å²) in [5.74, 6) is -5.11. The number of anilines is 1. The van der Waals surface area contributed by atoms with Crippen molar-refractivity contribution in [1.82, 2.24) is 5.32 Å². The van der Waals surface area contributed by atoms with Gasteiger partial charge in [-0.25, -0.2) is 8.42 Å². The first-order chi connectivity index (χ1) is 9.82. The predicted molar refractivity (Wildman–Crippen MR) is 69.4 cm³/mol. The molecule has 1 aliphatic heterocycles. The zero-order valence-corrected chi connectivity index (χ0v) is 11.5. The number of alkyl halides is 2. The summed E-state index contributed by atoms with van der Waals surface area (Å²) in [6, 6.07) is 4.91. The van der Waals surface area contributed by atoms with Gasteiger partial charge < -0.3 is 10.6 Å². The second-order valence-electron chi connectivity index (χ2n) is 4.50. The van der Waals surface area contributed by atoms with Crippen LogP contribution >= 0.6 is 0 Å². The van der Waals surface area contributed by atoms with Crippen LogP contribution in [0.2, 0.25) is 0 Å². The van der Waals surface area contributed by atoms with E-state index in [1.165, 1.54) is 18.2 Å². The van der Waals surface area contributed by atoms with E-state index in [0.717, 1.165) is 6.07 Å². The van der Waals surface area contributed by atoms with Crippen LogP contribution < -0.4 is 10.6 Å². The molecule has 1 heterocycles. The minimum absolute atomic E-state index is 0.0183. The van der Waals surface area contributed by atoms with E-state index in [1.54, 1.807) is 0 Å². The normalized spacial score (nSPS) is 18.6. The van der Waals surface area contributed by atoms with E-state index in [2.05, 4.69) is 10.6 Å². The summed E-state index contributed by atoms with van der Waals surface area (Å²) >= 11 is 0. The van der Waals surface area contributed by atoms with Gasteiger partial charge in [-0.1, -0.05) is 12.1 Å². The molecule has 1 aliphatic rings. The van der Waals surface area contributed by atoms with Crippen molar-refractivity contribution in [2.45, 2.75) is 17.1 Å². The van der Waals surface area contributed by atoms with Gasteiger partial charge in [-0.2, -0.15) is 8.78 Å². The number of carbonyl (C=O) groups excluding carboxylic acids is 2. The van der Waals surface area contributed by atoms with E-state index < -0.39 is 32.3 Å². The first-order valence-electron chi connectivity index (χ1n) is 6.01. The van der Waals surface area contributed by atoms with Crippen molar-refractivity contribution in [2.75, 3.05) is 11.9 Å². The van der Waals surface area contributed by atoms with Crippen molar-refractivity contribution in [3.05, 3.63) is 24.3 Å². The van der Waals surface area contributed by atoms with E-state index >= 15 is 0 Å². The SMILES string of the molecule is O=C1CC(C(=O)Nc2ccccc2S(=O)(=O)C(F)F)CN1. The van der Waals surface area contributed by atoms with Gasteiger partial charge in [-0.15, -0.1) is 0 Å². The average Bonchev–Trinajstić information content (AvgIpc) is 2.86. The van der Waals surface area contributed by atoms with Crippen molar-refractivity contribution >= 4 is 27.3 Å². The van der Waals surface area contributed by atoms with Crippen LogP contribution in [-0.4, -0.2) is 32.5 Å². The van der Waals surface area contributed by atoms with Crippen molar-refractivity contribution in [3.63, 3.8) is 0 Å². The molecule has 114 valence electrons. The topological polar surface area (TPSA) is 92.3 Å². The van der Waals surface area contributed by atoms with Gasteiger partial charge >= 0.3 is 5.76 Å². The quantitative estimate of drug-likeness (QED) is 0.857. The Labute approximate surface area is 119 Å². The molecule has 9 heteroatoms. The van der Waals surface area contributed by atoms with E-state index in [-0.39, 0.29) is 24.6 Å². The van der Waals surface area contributed by atoms with Crippen LogP contribution in [-0.2, 0) is 19.4 Å². The van der Waals surface area contributed by atoms with Gasteiger partial charge in [0.2, 0.25) is 21.7 Å². The minimum Gasteiger partial charge on any atom is -0.355 e. The molecule has 1 saturated heterocycles. The highest BCUT2D eigenvalue weighted by atomic mass is 32.2. The number of amides is 2. The highest BCUT2D eigenvalue weighted by Gasteiger charge is 2.32. The van der Waals surface area contributed by atoms with Crippen LogP contribution in [0.15, 0.2) is 29.2 Å². The molecule has 0 radical (unpaired) electrons. The molecule has 0 spiro atoms. The Morgan fingerprint density at radius 2 is 2.00 bits per heavy atom. The minimum atomic E-state index is -4.82.